The molecular formula is C22H27N3O3S. The van der Waals surface area contributed by atoms with Gasteiger partial charge in [0.25, 0.3) is 0 Å². The van der Waals surface area contributed by atoms with Gasteiger partial charge in [0.15, 0.2) is 0 Å². The first kappa shape index (κ1) is 19.9. The predicted octanol–water partition coefficient (Wildman–Crippen LogP) is 4.87. The maximum Gasteiger partial charge on any atom is 0.410 e. The highest BCUT2D eigenvalue weighted by Gasteiger charge is 2.29. The van der Waals surface area contributed by atoms with Crippen LogP contribution in [0.2, 0.25) is 0 Å². The number of benzene rings is 1. The summed E-state index contributed by atoms with van der Waals surface area (Å²) >= 11 is 1.68. The summed E-state index contributed by atoms with van der Waals surface area (Å²) in [6.07, 6.45) is 3.55. The maximum absolute atomic E-state index is 12.2. The molecular weight excluding hydrogens is 386 g/mol. The van der Waals surface area contributed by atoms with Crippen molar-refractivity contribution in [2.75, 3.05) is 13.1 Å². The number of piperidine rings is 1. The third kappa shape index (κ3) is 4.79. The van der Waals surface area contributed by atoms with Gasteiger partial charge in [-0.25, -0.2) is 9.78 Å². The van der Waals surface area contributed by atoms with Gasteiger partial charge in [-0.05, 0) is 45.3 Å². The topological polar surface area (TPSA) is 63.7 Å². The minimum atomic E-state index is -0.459. The summed E-state index contributed by atoms with van der Waals surface area (Å²) < 4.78 is 5.48. The molecule has 1 aromatic heterocycles. The van der Waals surface area contributed by atoms with Crippen molar-refractivity contribution in [2.45, 2.75) is 51.2 Å². The van der Waals surface area contributed by atoms with Crippen LogP contribution in [0, 0.1) is 0 Å². The average molecular weight is 414 g/mol. The van der Waals surface area contributed by atoms with E-state index in [-0.39, 0.29) is 12.2 Å². The Balaban J connectivity index is 1.36. The molecule has 3 heterocycles. The quantitative estimate of drug-likeness (QED) is 0.777. The molecule has 2 aliphatic heterocycles. The van der Waals surface area contributed by atoms with Crippen molar-refractivity contribution in [3.05, 3.63) is 58.1 Å². The second-order valence-corrected chi connectivity index (χ2v) is 9.33. The van der Waals surface area contributed by atoms with E-state index in [9.17, 15) is 4.79 Å². The molecule has 1 fully saturated rings. The molecule has 0 aliphatic carbocycles. The zero-order valence-corrected chi connectivity index (χ0v) is 17.9. The molecule has 1 aromatic carbocycles. The number of aromatic nitrogens is 1. The summed E-state index contributed by atoms with van der Waals surface area (Å²) in [5.41, 5.74) is 5.49. The van der Waals surface area contributed by atoms with Gasteiger partial charge in [0.2, 0.25) is 0 Å². The largest absolute Gasteiger partial charge is 0.444 e. The molecule has 2 aliphatic rings. The number of carbonyl (C=O) groups excluding carboxylic acids is 1. The molecule has 4 rings (SSSR count). The van der Waals surface area contributed by atoms with Crippen LogP contribution in [0.5, 0.6) is 0 Å². The van der Waals surface area contributed by atoms with Gasteiger partial charge in [-0.1, -0.05) is 30.3 Å². The smallest absolute Gasteiger partial charge is 0.410 e. The van der Waals surface area contributed by atoms with Gasteiger partial charge in [0.1, 0.15) is 11.7 Å². The first-order chi connectivity index (χ1) is 13.9. The second kappa shape index (κ2) is 8.16. The molecule has 29 heavy (non-hydrogen) atoms. The van der Waals surface area contributed by atoms with Gasteiger partial charge in [-0.15, -0.1) is 11.3 Å². The number of amides is 1. The maximum atomic E-state index is 12.2. The van der Waals surface area contributed by atoms with Crippen LogP contribution in [-0.2, 0) is 9.57 Å². The zero-order chi connectivity index (χ0) is 20.4. The highest BCUT2D eigenvalue weighted by Crippen LogP contribution is 2.34. The van der Waals surface area contributed by atoms with E-state index < -0.39 is 5.60 Å². The lowest BCUT2D eigenvalue weighted by molar-refractivity contribution is 0.0204. The van der Waals surface area contributed by atoms with Crippen molar-refractivity contribution < 1.29 is 14.4 Å². The summed E-state index contributed by atoms with van der Waals surface area (Å²) in [5, 5.41) is 3.19. The number of carbonyl (C=O) groups is 1. The average Bonchev–Trinajstić information content (AvgIpc) is 3.37. The van der Waals surface area contributed by atoms with Crippen LogP contribution in [0.1, 0.15) is 61.9 Å². The fraction of sp³-hybridized carbons (Fsp3) is 0.455. The lowest BCUT2D eigenvalue weighted by Gasteiger charge is -2.32. The zero-order valence-electron chi connectivity index (χ0n) is 17.1. The Morgan fingerprint density at radius 2 is 1.97 bits per heavy atom. The number of likely N-dealkylation sites (tertiary alicyclic amines) is 1. The van der Waals surface area contributed by atoms with Gasteiger partial charge in [0.05, 0.1) is 16.4 Å². The minimum Gasteiger partial charge on any atom is -0.444 e. The van der Waals surface area contributed by atoms with Crippen LogP contribution < -0.4 is 5.48 Å². The first-order valence-corrected chi connectivity index (χ1v) is 10.9. The predicted molar refractivity (Wildman–Crippen MR) is 113 cm³/mol. The Morgan fingerprint density at radius 1 is 1.24 bits per heavy atom. The van der Waals surface area contributed by atoms with E-state index in [0.717, 1.165) is 34.8 Å². The highest BCUT2D eigenvalue weighted by atomic mass is 32.1. The van der Waals surface area contributed by atoms with Crippen LogP contribution in [-0.4, -0.2) is 34.7 Å². The van der Waals surface area contributed by atoms with Crippen molar-refractivity contribution in [3.8, 4) is 0 Å². The lowest BCUT2D eigenvalue weighted by Crippen LogP contribution is -2.41. The standard InChI is InChI=1S/C22H27N3O3S/c1-22(2,3)27-21(26)25-11-9-16(10-12-25)20-23-18(14-29-20)17-13-19(28-24-17)15-7-5-4-6-8-15/h4-8,13-14,16,19,24H,9-12H2,1-3H3. The molecule has 0 bridgehead atoms. The molecule has 1 unspecified atom stereocenters. The van der Waals surface area contributed by atoms with Crippen LogP contribution in [0.15, 0.2) is 41.8 Å². The van der Waals surface area contributed by atoms with Crippen LogP contribution in [0.25, 0.3) is 5.70 Å². The monoisotopic (exact) mass is 413 g/mol. The van der Waals surface area contributed by atoms with Crippen LogP contribution in [0.4, 0.5) is 4.79 Å². The Morgan fingerprint density at radius 3 is 2.66 bits per heavy atom. The van der Waals surface area contributed by atoms with E-state index in [1.54, 1.807) is 16.2 Å². The van der Waals surface area contributed by atoms with Crippen molar-refractivity contribution in [1.82, 2.24) is 15.4 Å². The van der Waals surface area contributed by atoms with E-state index >= 15 is 0 Å². The van der Waals surface area contributed by atoms with Crippen LogP contribution in [0.3, 0.4) is 0 Å². The van der Waals surface area contributed by atoms with Crippen LogP contribution >= 0.6 is 11.3 Å². The normalized spacial score (nSPS) is 20.3. The van der Waals surface area contributed by atoms with Crippen molar-refractivity contribution in [3.63, 3.8) is 0 Å². The number of nitrogens with one attached hydrogen (secondary N) is 1. The summed E-state index contributed by atoms with van der Waals surface area (Å²) in [6, 6.07) is 10.1. The SMILES string of the molecule is CC(C)(C)OC(=O)N1CCC(c2nc(C3=CC(c4ccccc4)ON3)cs2)CC1. The van der Waals surface area contributed by atoms with E-state index in [1.165, 1.54) is 0 Å². The number of hydrogen-bond donors (Lipinski definition) is 1. The van der Waals surface area contributed by atoms with Gasteiger partial charge in [-0.2, -0.15) is 0 Å². The summed E-state index contributed by atoms with van der Waals surface area (Å²) in [6.45, 7) is 7.09. The number of hydroxylamine groups is 1. The second-order valence-electron chi connectivity index (χ2n) is 8.44. The molecule has 1 atom stereocenters. The van der Waals surface area contributed by atoms with Gasteiger partial charge in [-0.3, -0.25) is 10.3 Å². The summed E-state index contributed by atoms with van der Waals surface area (Å²) in [4.78, 5) is 24.6. The van der Waals surface area contributed by atoms with Crippen molar-refractivity contribution in [1.29, 1.82) is 0 Å². The van der Waals surface area contributed by atoms with Crippen molar-refractivity contribution >= 4 is 23.1 Å². The molecule has 154 valence electrons. The number of nitrogens with zero attached hydrogens (tertiary/aromatic N) is 2. The van der Waals surface area contributed by atoms with E-state index in [1.807, 2.05) is 39.0 Å². The summed E-state index contributed by atoms with van der Waals surface area (Å²) in [5.74, 6) is 0.375. The Kier molecular flexibility index (Phi) is 5.61. The third-order valence-corrected chi connectivity index (χ3v) is 6.04. The van der Waals surface area contributed by atoms with Gasteiger partial charge >= 0.3 is 6.09 Å². The molecule has 0 saturated carbocycles. The van der Waals surface area contributed by atoms with Gasteiger partial charge < -0.3 is 9.64 Å². The first-order valence-electron chi connectivity index (χ1n) is 10.0. The number of hydrogen-bond acceptors (Lipinski definition) is 6. The Hall–Kier alpha value is -2.38. The van der Waals surface area contributed by atoms with Crippen molar-refractivity contribution in [2.24, 2.45) is 0 Å². The van der Waals surface area contributed by atoms with E-state index in [0.29, 0.717) is 19.0 Å². The molecule has 2 aromatic rings. The molecule has 0 radical (unpaired) electrons. The Bertz CT molecular complexity index is 880. The number of rotatable bonds is 3. The molecule has 1 saturated heterocycles. The van der Waals surface area contributed by atoms with E-state index in [2.05, 4.69) is 29.1 Å². The summed E-state index contributed by atoms with van der Waals surface area (Å²) in [7, 11) is 0. The highest BCUT2D eigenvalue weighted by molar-refractivity contribution is 7.09. The number of ether oxygens (including phenoxy) is 1. The molecule has 1 amide bonds. The fourth-order valence-electron chi connectivity index (χ4n) is 3.53. The molecule has 0 spiro atoms. The molecule has 1 N–H and O–H groups in total. The van der Waals surface area contributed by atoms with E-state index in [4.69, 9.17) is 14.6 Å². The minimum absolute atomic E-state index is 0.103. The fourth-order valence-corrected chi connectivity index (χ4v) is 4.52. The molecule has 6 nitrogen and oxygen atoms in total. The number of thiazole rings is 1. The molecule has 7 heteroatoms. The third-order valence-electron chi connectivity index (χ3n) is 5.04. The van der Waals surface area contributed by atoms with Gasteiger partial charge in [0, 0.05) is 24.4 Å². The Labute approximate surface area is 175 Å². The lowest BCUT2D eigenvalue weighted by atomic mass is 9.98.